The zero-order chi connectivity index (χ0) is 60.9. The minimum atomic E-state index is -4.59. The van der Waals surface area contributed by atoms with Crippen LogP contribution in [0, 0.1) is 24.7 Å². The molecule has 438 valence electrons. The molecule has 6 rings (SSSR count). The Bertz CT molecular complexity index is 3210. The van der Waals surface area contributed by atoms with Crippen LogP contribution in [0.3, 0.4) is 0 Å². The average Bonchev–Trinajstić information content (AvgIpc) is 3.39. The third kappa shape index (κ3) is 21.9. The van der Waals surface area contributed by atoms with Gasteiger partial charge in [-0.3, -0.25) is 19.2 Å². The number of aromatic amines is 3. The number of fused-ring (bicyclic) bond motifs is 3. The van der Waals surface area contributed by atoms with Gasteiger partial charge in [-0.25, -0.2) is 0 Å². The molecule has 0 saturated heterocycles. The number of nitrogens with one attached hydrogen (secondary N) is 5. The van der Waals surface area contributed by atoms with E-state index < -0.39 is 63.0 Å². The quantitative estimate of drug-likeness (QED) is 0.0229. The number of pyridine rings is 3. The van der Waals surface area contributed by atoms with Crippen molar-refractivity contribution in [3.05, 3.63) is 121 Å². The molecule has 0 amide bonds. The number of nitrogen functional groups attached to an aromatic ring is 1. The molecule has 3 aromatic carbocycles. The molecule has 7 N–H and O–H groups in total. The molecule has 23 heteroatoms. The van der Waals surface area contributed by atoms with E-state index in [0.717, 1.165) is 12.8 Å². The Morgan fingerprint density at radius 2 is 0.937 bits per heavy atom. The summed E-state index contributed by atoms with van der Waals surface area (Å²) in [6, 6.07) is 14.4. The molecule has 0 saturated carbocycles. The predicted molar refractivity (Wildman–Crippen MR) is 295 cm³/mol. The molecule has 6 aromatic rings. The van der Waals surface area contributed by atoms with Gasteiger partial charge in [0.05, 0.1) is 38.8 Å². The number of ether oxygens (including phenoxy) is 1. The van der Waals surface area contributed by atoms with Gasteiger partial charge in [0, 0.05) is 63.9 Å². The number of H-pyrrole nitrogens is 3. The number of nitrogens with two attached hydrogens (primary N) is 1. The fourth-order valence-corrected chi connectivity index (χ4v) is 7.17. The first kappa shape index (κ1) is 70.4. The number of hydrogen-bond acceptors (Lipinski definition) is 9. The third-order valence-electron chi connectivity index (χ3n) is 12.6. The van der Waals surface area contributed by atoms with Crippen molar-refractivity contribution >= 4 is 65.8 Å². The standard InChI is InChI=1S/C16H19F3N2O.C16H15F3N2O.C10H7F3N2O.C8H12O2.C6H15N.ClH.Cu/c2*1-4-15(3,5-2)21-10-6-7-11-12(16(17,18)19)9-14(22)20-13(11)8-10;11-10(12,13)7-4-9(16)15-8-3-5(14)1-2-6(7)8;1-5-8(4,6-2)10-7(3)9;1-4-7(5-2)6-3;;/h6-9,21H,4-5H2,1-3H3,(H,20,22);1,6-9,21H,5H2,2-3H3,(H,20,22);1-4H,14H2,(H,15,16);1H,6H2,2-4H3;4-6H2,1-3H3;1H;/q;;;;;;+1/p-1. The van der Waals surface area contributed by atoms with Gasteiger partial charge in [-0.05, 0) is 102 Å². The summed E-state index contributed by atoms with van der Waals surface area (Å²) in [7, 11) is 4.20. The van der Waals surface area contributed by atoms with Crippen molar-refractivity contribution in [3.8, 4) is 24.7 Å². The van der Waals surface area contributed by atoms with Gasteiger partial charge in [0.25, 0.3) is 0 Å². The van der Waals surface area contributed by atoms with Gasteiger partial charge in [-0.1, -0.05) is 78.5 Å². The predicted octanol–water partition coefficient (Wildman–Crippen LogP) is 13.8. The van der Waals surface area contributed by atoms with Crippen LogP contribution in [0.4, 0.5) is 56.6 Å². The topological polar surface area (TPSA) is 178 Å². The molecule has 0 radical (unpaired) electrons. The molecule has 3 aromatic heterocycles. The van der Waals surface area contributed by atoms with Crippen molar-refractivity contribution in [3.63, 3.8) is 0 Å². The van der Waals surface area contributed by atoms with Crippen molar-refractivity contribution in [2.45, 2.75) is 137 Å². The molecule has 0 aliphatic carbocycles. The number of esters is 1. The maximum atomic E-state index is 13.0. The summed E-state index contributed by atoms with van der Waals surface area (Å²) < 4.78 is 121. The Balaban J connectivity index is 0.000000515. The molecule has 0 aliphatic rings. The summed E-state index contributed by atoms with van der Waals surface area (Å²) in [6.45, 7) is 24.9. The van der Waals surface area contributed by atoms with E-state index in [9.17, 15) is 58.7 Å². The Hall–Kier alpha value is -6.58. The molecular formula is C56H68ClCuF9N7O5. The zero-order valence-electron chi connectivity index (χ0n) is 45.7. The van der Waals surface area contributed by atoms with Crippen molar-refractivity contribution in [2.75, 3.05) is 36.0 Å². The number of carbonyl (C=O) groups excluding carboxylic acids is 1. The van der Waals surface area contributed by atoms with Gasteiger partial charge < -0.3 is 41.0 Å². The van der Waals surface area contributed by atoms with Gasteiger partial charge >= 0.3 is 49.7 Å². The van der Waals surface area contributed by atoms with Gasteiger partial charge in [-0.2, -0.15) is 39.5 Å². The second-order valence-corrected chi connectivity index (χ2v) is 18.3. The summed E-state index contributed by atoms with van der Waals surface area (Å²) in [5.74, 6) is 4.69. The van der Waals surface area contributed by atoms with Crippen LogP contribution >= 0.6 is 10.1 Å². The van der Waals surface area contributed by atoms with Crippen LogP contribution in [-0.2, 0) is 43.2 Å². The molecule has 79 heavy (non-hydrogen) atoms. The summed E-state index contributed by atoms with van der Waals surface area (Å²) in [6.07, 6.45) is -0.0552. The van der Waals surface area contributed by atoms with Gasteiger partial charge in [-0.15, -0.1) is 12.8 Å². The van der Waals surface area contributed by atoms with E-state index in [1.807, 2.05) is 41.5 Å². The van der Waals surface area contributed by atoms with E-state index >= 15 is 0 Å². The van der Waals surface area contributed by atoms with E-state index in [2.05, 4.69) is 88.3 Å². The number of rotatable bonds is 12. The van der Waals surface area contributed by atoms with E-state index in [1.165, 1.54) is 69.0 Å². The second-order valence-electron chi connectivity index (χ2n) is 18.3. The Labute approximate surface area is 466 Å². The molecule has 0 bridgehead atoms. The number of benzene rings is 3. The second kappa shape index (κ2) is 30.7. The summed E-state index contributed by atoms with van der Waals surface area (Å²) in [4.78, 5) is 54.0. The van der Waals surface area contributed by atoms with Crippen molar-refractivity contribution in [2.24, 2.45) is 0 Å². The zero-order valence-corrected chi connectivity index (χ0v) is 47.4. The molecular weight excluding hydrogens is 1120 g/mol. The minimum absolute atomic E-state index is 0.00708. The van der Waals surface area contributed by atoms with Crippen LogP contribution in [0.5, 0.6) is 0 Å². The van der Waals surface area contributed by atoms with E-state index in [0.29, 0.717) is 48.1 Å². The first-order chi connectivity index (χ1) is 36.6. The SMILES string of the molecule is C#CC(C)(CC)Nc1ccc2c(C(F)(F)F)cc(=O)[nH]c2c1.C#CC(C)(CC)OC(C)=O.CCC(C)(CC)Nc1ccc2c(C(F)(F)F)cc(=O)[nH]c2c1.CCN(CC)CC.Nc1ccc2c(C(F)(F)F)cc(=O)[nH]c2c1.[Cl][Cu]. The van der Waals surface area contributed by atoms with Crippen LogP contribution in [0.25, 0.3) is 32.7 Å². The van der Waals surface area contributed by atoms with Gasteiger partial charge in [0.15, 0.2) is 5.60 Å². The van der Waals surface area contributed by atoms with Crippen molar-refractivity contribution in [1.82, 2.24) is 19.9 Å². The third-order valence-corrected chi connectivity index (χ3v) is 12.6. The monoisotopic (exact) mass is 1190 g/mol. The van der Waals surface area contributed by atoms with Gasteiger partial charge in [0.2, 0.25) is 16.7 Å². The number of alkyl halides is 9. The normalized spacial score (nSPS) is 12.8. The van der Waals surface area contributed by atoms with E-state index in [4.69, 9.17) is 23.3 Å². The number of terminal acetylenes is 2. The van der Waals surface area contributed by atoms with E-state index in [1.54, 1.807) is 19.1 Å². The summed E-state index contributed by atoms with van der Waals surface area (Å²) in [5, 5.41) is 6.27. The fraction of sp³-hybridized carbons (Fsp3) is 0.429. The van der Waals surface area contributed by atoms with Crippen LogP contribution in [0.2, 0.25) is 0 Å². The van der Waals surface area contributed by atoms with Crippen LogP contribution in [-0.4, -0.2) is 62.1 Å². The summed E-state index contributed by atoms with van der Waals surface area (Å²) in [5.41, 5.74) is 0.686. The van der Waals surface area contributed by atoms with Crippen molar-refractivity contribution < 1.29 is 64.1 Å². The first-order valence-corrected chi connectivity index (χ1v) is 26.0. The molecule has 3 heterocycles. The van der Waals surface area contributed by atoms with Gasteiger partial charge in [0.1, 0.15) is 0 Å². The molecule has 2 unspecified atom stereocenters. The maximum absolute atomic E-state index is 13.0. The molecule has 12 nitrogen and oxygen atoms in total. The summed E-state index contributed by atoms with van der Waals surface area (Å²) >= 11 is 3.66. The molecule has 2 atom stereocenters. The van der Waals surface area contributed by atoms with Crippen molar-refractivity contribution in [1.29, 1.82) is 0 Å². The number of nitrogens with zero attached hydrogens (tertiary/aromatic N) is 1. The number of anilines is 3. The number of carbonyl (C=O) groups is 1. The van der Waals surface area contributed by atoms with Crippen LogP contribution < -0.4 is 33.0 Å². The number of hydrogen-bond donors (Lipinski definition) is 6. The first-order valence-electron chi connectivity index (χ1n) is 24.7. The van der Waals surface area contributed by atoms with Crippen LogP contribution in [0.15, 0.2) is 87.2 Å². The van der Waals surface area contributed by atoms with Crippen LogP contribution in [0.1, 0.15) is 119 Å². The Morgan fingerprint density at radius 1 is 0.582 bits per heavy atom. The average molecular weight is 1190 g/mol. The number of halogens is 10. The Morgan fingerprint density at radius 3 is 1.20 bits per heavy atom. The Kier molecular flexibility index (Phi) is 27.4. The fourth-order valence-electron chi connectivity index (χ4n) is 7.17. The molecule has 0 aliphatic heterocycles. The molecule has 0 fully saturated rings. The van der Waals surface area contributed by atoms with E-state index in [-0.39, 0.29) is 44.2 Å². The number of aromatic nitrogens is 3. The molecule has 0 spiro atoms.